The highest BCUT2D eigenvalue weighted by atomic mass is 19.4. The van der Waals surface area contributed by atoms with Crippen molar-refractivity contribution in [3.8, 4) is 6.07 Å². The zero-order valence-corrected chi connectivity index (χ0v) is 16.4. The number of aliphatic hydroxyl groups is 1. The van der Waals surface area contributed by atoms with Crippen LogP contribution in [0.3, 0.4) is 0 Å². The van der Waals surface area contributed by atoms with Crippen LogP contribution in [-0.2, 0) is 12.7 Å². The molecule has 0 bridgehead atoms. The van der Waals surface area contributed by atoms with E-state index in [0.29, 0.717) is 12.5 Å². The summed E-state index contributed by atoms with van der Waals surface area (Å²) in [4.78, 5) is 8.19. The van der Waals surface area contributed by atoms with Crippen LogP contribution in [0, 0.1) is 27.9 Å². The van der Waals surface area contributed by atoms with Gasteiger partial charge in [-0.2, -0.15) is 28.1 Å². The van der Waals surface area contributed by atoms with E-state index in [1.54, 1.807) is 0 Å². The summed E-state index contributed by atoms with van der Waals surface area (Å²) in [6.07, 6.45) is -1.01. The van der Waals surface area contributed by atoms with E-state index >= 15 is 0 Å². The molecule has 0 amide bonds. The average Bonchev–Trinajstić information content (AvgIpc) is 2.68. The number of aliphatic hydroxyl groups excluding tert-OH is 1. The van der Waals surface area contributed by atoms with Crippen molar-refractivity contribution >= 4 is 11.8 Å². The number of nitrogens with zero attached hydrogens (tertiary/aromatic N) is 4. The Labute approximate surface area is 171 Å². The summed E-state index contributed by atoms with van der Waals surface area (Å²) >= 11 is 0. The fourth-order valence-corrected chi connectivity index (χ4v) is 3.51. The van der Waals surface area contributed by atoms with Gasteiger partial charge in [0.15, 0.2) is 12.4 Å². The van der Waals surface area contributed by atoms with E-state index < -0.39 is 11.7 Å². The molecule has 2 aromatic heterocycles. The molecular weight excluding hydrogens is 401 g/mol. The van der Waals surface area contributed by atoms with Gasteiger partial charge in [-0.1, -0.05) is 13.8 Å². The SMILES string of the molecule is CC1(C)[C@@H](CO)C[C@H]1Nc1nc(NCc2c[n+]([O-])ccc2C(F)(F)F)ncc1C#N. The van der Waals surface area contributed by atoms with E-state index in [-0.39, 0.29) is 58.1 Å². The Morgan fingerprint density at radius 2 is 2.17 bits per heavy atom. The number of halogens is 3. The Morgan fingerprint density at radius 3 is 2.77 bits per heavy atom. The Morgan fingerprint density at radius 1 is 1.43 bits per heavy atom. The molecule has 2 atom stereocenters. The van der Waals surface area contributed by atoms with Crippen LogP contribution in [0.4, 0.5) is 24.9 Å². The van der Waals surface area contributed by atoms with Gasteiger partial charge in [-0.15, -0.1) is 0 Å². The van der Waals surface area contributed by atoms with Crippen LogP contribution in [0.2, 0.25) is 0 Å². The topological polar surface area (TPSA) is 121 Å². The van der Waals surface area contributed by atoms with Crippen LogP contribution in [0.1, 0.15) is 37.0 Å². The highest BCUT2D eigenvalue weighted by molar-refractivity contribution is 5.54. The maximum absolute atomic E-state index is 13.2. The smallest absolute Gasteiger partial charge is 0.417 e. The molecule has 1 fully saturated rings. The molecular formula is C19H21F3N6O2. The Bertz CT molecular complexity index is 974. The zero-order chi connectivity index (χ0) is 22.1. The van der Waals surface area contributed by atoms with Crippen molar-refractivity contribution in [2.45, 2.75) is 39.0 Å². The maximum Gasteiger partial charge on any atom is 0.417 e. The van der Waals surface area contributed by atoms with Gasteiger partial charge in [-0.3, -0.25) is 0 Å². The van der Waals surface area contributed by atoms with Gasteiger partial charge in [-0.05, 0) is 17.8 Å². The molecule has 0 saturated heterocycles. The van der Waals surface area contributed by atoms with Crippen molar-refractivity contribution in [3.05, 3.63) is 46.6 Å². The van der Waals surface area contributed by atoms with Crippen molar-refractivity contribution in [2.24, 2.45) is 11.3 Å². The van der Waals surface area contributed by atoms with E-state index in [1.165, 1.54) is 6.20 Å². The number of anilines is 2. The van der Waals surface area contributed by atoms with Gasteiger partial charge in [0.25, 0.3) is 0 Å². The average molecular weight is 422 g/mol. The summed E-state index contributed by atoms with van der Waals surface area (Å²) in [6, 6.07) is 2.66. The van der Waals surface area contributed by atoms with Crippen molar-refractivity contribution in [1.29, 1.82) is 5.26 Å². The van der Waals surface area contributed by atoms with Crippen molar-refractivity contribution in [1.82, 2.24) is 9.97 Å². The van der Waals surface area contributed by atoms with Gasteiger partial charge >= 0.3 is 6.18 Å². The van der Waals surface area contributed by atoms with Gasteiger partial charge in [0.1, 0.15) is 17.5 Å². The van der Waals surface area contributed by atoms with E-state index in [0.717, 1.165) is 12.4 Å². The molecule has 3 rings (SSSR count). The molecule has 2 heterocycles. The number of nitrogens with one attached hydrogen (secondary N) is 2. The molecule has 1 aliphatic rings. The summed E-state index contributed by atoms with van der Waals surface area (Å²) in [5, 5.41) is 36.0. The predicted octanol–water partition coefficient (Wildman–Crippen LogP) is 2.43. The first-order valence-electron chi connectivity index (χ1n) is 9.23. The van der Waals surface area contributed by atoms with E-state index in [2.05, 4.69) is 20.6 Å². The van der Waals surface area contributed by atoms with Crippen LogP contribution < -0.4 is 15.4 Å². The van der Waals surface area contributed by atoms with Gasteiger partial charge in [0.05, 0.1) is 11.8 Å². The molecule has 1 saturated carbocycles. The van der Waals surface area contributed by atoms with Crippen LogP contribution in [0.5, 0.6) is 0 Å². The van der Waals surface area contributed by atoms with Gasteiger partial charge in [0.2, 0.25) is 5.95 Å². The standard InChI is InChI=1S/C19H21F3N6O2/c1-18(2)13(10-29)5-15(18)26-16-11(6-23)7-24-17(27-16)25-8-12-9-28(30)4-3-14(12)19(20,21)22/h3-4,7,9,13,15,29H,5,8,10H2,1-2H3,(H2,24,25,26,27)/t13-,15-/m1/s1. The number of aromatic nitrogens is 3. The van der Waals surface area contributed by atoms with Gasteiger partial charge < -0.3 is 20.9 Å². The van der Waals surface area contributed by atoms with Crippen LogP contribution in [-0.4, -0.2) is 27.7 Å². The van der Waals surface area contributed by atoms with E-state index in [9.17, 15) is 28.7 Å². The fraction of sp³-hybridized carbons (Fsp3) is 0.474. The third kappa shape index (κ3) is 4.23. The second-order valence-electron chi connectivity index (χ2n) is 7.80. The lowest BCUT2D eigenvalue weighted by Gasteiger charge is -2.52. The maximum atomic E-state index is 13.2. The van der Waals surface area contributed by atoms with Crippen LogP contribution >= 0.6 is 0 Å². The molecule has 0 spiro atoms. The van der Waals surface area contributed by atoms with E-state index in [4.69, 9.17) is 0 Å². The fourth-order valence-electron chi connectivity index (χ4n) is 3.51. The lowest BCUT2D eigenvalue weighted by Crippen LogP contribution is -2.54. The molecule has 0 aromatic carbocycles. The molecule has 160 valence electrons. The second kappa shape index (κ2) is 7.95. The minimum atomic E-state index is -4.61. The number of alkyl halides is 3. The number of hydrogen-bond donors (Lipinski definition) is 3. The normalized spacial score (nSPS) is 20.2. The molecule has 2 aromatic rings. The number of pyridine rings is 1. The first kappa shape index (κ1) is 21.6. The number of rotatable bonds is 6. The van der Waals surface area contributed by atoms with Gasteiger partial charge in [0, 0.05) is 30.8 Å². The second-order valence-corrected chi connectivity index (χ2v) is 7.80. The number of nitriles is 1. The van der Waals surface area contributed by atoms with Crippen molar-refractivity contribution in [3.63, 3.8) is 0 Å². The summed E-state index contributed by atoms with van der Waals surface area (Å²) in [6.45, 7) is 3.72. The largest absolute Gasteiger partial charge is 0.619 e. The van der Waals surface area contributed by atoms with Crippen LogP contribution in [0.15, 0.2) is 24.7 Å². The third-order valence-electron chi connectivity index (χ3n) is 5.67. The minimum absolute atomic E-state index is 0.0155. The Balaban J connectivity index is 1.79. The van der Waals surface area contributed by atoms with Crippen LogP contribution in [0.25, 0.3) is 0 Å². The zero-order valence-electron chi connectivity index (χ0n) is 16.4. The summed E-state index contributed by atoms with van der Waals surface area (Å²) in [5.41, 5.74) is -1.21. The molecule has 3 N–H and O–H groups in total. The molecule has 8 nitrogen and oxygen atoms in total. The van der Waals surface area contributed by atoms with Crippen molar-refractivity contribution in [2.75, 3.05) is 17.2 Å². The quantitative estimate of drug-likeness (QED) is 0.483. The molecule has 0 unspecified atom stereocenters. The Hall–Kier alpha value is -3.13. The number of hydrogen-bond acceptors (Lipinski definition) is 7. The third-order valence-corrected chi connectivity index (χ3v) is 5.67. The highest BCUT2D eigenvalue weighted by Gasteiger charge is 2.47. The highest BCUT2D eigenvalue weighted by Crippen LogP contribution is 2.47. The first-order chi connectivity index (χ1) is 14.1. The van der Waals surface area contributed by atoms with Crippen molar-refractivity contribution < 1.29 is 23.0 Å². The summed E-state index contributed by atoms with van der Waals surface area (Å²) < 4.78 is 39.8. The minimum Gasteiger partial charge on any atom is -0.619 e. The monoisotopic (exact) mass is 422 g/mol. The lowest BCUT2D eigenvalue weighted by atomic mass is 9.59. The predicted molar refractivity (Wildman–Crippen MR) is 101 cm³/mol. The molecule has 1 aliphatic carbocycles. The lowest BCUT2D eigenvalue weighted by molar-refractivity contribution is -0.606. The molecule has 11 heteroatoms. The van der Waals surface area contributed by atoms with E-state index in [1.807, 2.05) is 19.9 Å². The summed E-state index contributed by atoms with van der Waals surface area (Å²) in [7, 11) is 0. The first-order valence-corrected chi connectivity index (χ1v) is 9.23. The molecule has 0 radical (unpaired) electrons. The van der Waals surface area contributed by atoms with Gasteiger partial charge in [-0.25, -0.2) is 4.98 Å². The molecule has 30 heavy (non-hydrogen) atoms. The summed E-state index contributed by atoms with van der Waals surface area (Å²) in [5.74, 6) is 0.395. The molecule has 0 aliphatic heterocycles. The Kier molecular flexibility index (Phi) is 5.72.